The molecule has 0 saturated heterocycles. The van der Waals surface area contributed by atoms with Gasteiger partial charge in [-0.05, 0) is 74.8 Å². The highest BCUT2D eigenvalue weighted by molar-refractivity contribution is 6.08. The van der Waals surface area contributed by atoms with Crippen LogP contribution in [0.2, 0.25) is 0 Å². The van der Waals surface area contributed by atoms with Gasteiger partial charge in [0.25, 0.3) is 0 Å². The minimum absolute atomic E-state index is 1.02. The highest BCUT2D eigenvalue weighted by Gasteiger charge is 2.21. The van der Waals surface area contributed by atoms with E-state index in [4.69, 9.17) is 4.98 Å². The highest BCUT2D eigenvalue weighted by Crippen LogP contribution is 2.43. The SMILES string of the molecule is C1=Cc2ccc3c(-c4ccc5cc6ccccc6cc5n4)ccc4c3c2C(=CC4)C1. The molecule has 0 fully saturated rings. The van der Waals surface area contributed by atoms with Gasteiger partial charge in [-0.15, -0.1) is 0 Å². The van der Waals surface area contributed by atoms with Gasteiger partial charge in [-0.1, -0.05) is 72.8 Å². The number of hydrogen-bond donors (Lipinski definition) is 0. The first-order valence-corrected chi connectivity index (χ1v) is 10.6. The molecule has 0 N–H and O–H groups in total. The molecule has 30 heavy (non-hydrogen) atoms. The van der Waals surface area contributed by atoms with Crippen molar-refractivity contribution in [2.75, 3.05) is 0 Å². The average molecular weight is 381 g/mol. The van der Waals surface area contributed by atoms with Crippen LogP contribution in [0.15, 0.2) is 84.9 Å². The average Bonchev–Trinajstić information content (AvgIpc) is 2.81. The van der Waals surface area contributed by atoms with Crippen molar-refractivity contribution < 1.29 is 0 Å². The summed E-state index contributed by atoms with van der Waals surface area (Å²) in [6.45, 7) is 0. The lowest BCUT2D eigenvalue weighted by Gasteiger charge is -2.24. The van der Waals surface area contributed by atoms with E-state index in [0.29, 0.717) is 0 Å². The summed E-state index contributed by atoms with van der Waals surface area (Å²) in [5, 5.41) is 6.43. The molecule has 0 saturated carbocycles. The zero-order valence-electron chi connectivity index (χ0n) is 16.5. The molecule has 0 atom stereocenters. The van der Waals surface area contributed by atoms with Crippen LogP contribution in [0.4, 0.5) is 0 Å². The van der Waals surface area contributed by atoms with E-state index in [1.807, 2.05) is 0 Å². The number of rotatable bonds is 1. The van der Waals surface area contributed by atoms with Gasteiger partial charge in [0.2, 0.25) is 0 Å². The maximum absolute atomic E-state index is 5.10. The maximum atomic E-state index is 5.10. The number of hydrogen-bond acceptors (Lipinski definition) is 1. The molecule has 2 aliphatic rings. The van der Waals surface area contributed by atoms with Crippen molar-refractivity contribution in [3.8, 4) is 11.3 Å². The second-order valence-corrected chi connectivity index (χ2v) is 8.35. The molecular weight excluding hydrogens is 362 g/mol. The normalized spacial score (nSPS) is 14.5. The molecule has 0 radical (unpaired) electrons. The molecule has 7 rings (SSSR count). The lowest BCUT2D eigenvalue weighted by Crippen LogP contribution is -2.03. The predicted molar refractivity (Wildman–Crippen MR) is 128 cm³/mol. The van der Waals surface area contributed by atoms with Crippen LogP contribution in [0.3, 0.4) is 0 Å². The van der Waals surface area contributed by atoms with Crippen LogP contribution in [-0.2, 0) is 6.42 Å². The van der Waals surface area contributed by atoms with Crippen molar-refractivity contribution in [2.24, 2.45) is 0 Å². The van der Waals surface area contributed by atoms with E-state index >= 15 is 0 Å². The van der Waals surface area contributed by atoms with E-state index in [9.17, 15) is 0 Å². The van der Waals surface area contributed by atoms with Gasteiger partial charge in [0, 0.05) is 10.9 Å². The summed E-state index contributed by atoms with van der Waals surface area (Å²) in [4.78, 5) is 5.10. The van der Waals surface area contributed by atoms with Crippen molar-refractivity contribution in [3.05, 3.63) is 102 Å². The number of aromatic nitrogens is 1. The van der Waals surface area contributed by atoms with Crippen molar-refractivity contribution >= 4 is 44.1 Å². The Morgan fingerprint density at radius 1 is 0.733 bits per heavy atom. The molecule has 1 nitrogen and oxygen atoms in total. The summed E-state index contributed by atoms with van der Waals surface area (Å²) in [5.74, 6) is 0. The van der Waals surface area contributed by atoms with Crippen molar-refractivity contribution in [1.29, 1.82) is 0 Å². The van der Waals surface area contributed by atoms with Crippen LogP contribution in [0, 0.1) is 0 Å². The summed E-state index contributed by atoms with van der Waals surface area (Å²) in [6, 6.07) is 26.5. The third-order valence-corrected chi connectivity index (χ3v) is 6.66. The van der Waals surface area contributed by atoms with E-state index in [1.165, 1.54) is 54.8 Å². The molecule has 0 unspecified atom stereocenters. The summed E-state index contributed by atoms with van der Waals surface area (Å²) >= 11 is 0. The van der Waals surface area contributed by atoms with Gasteiger partial charge in [-0.25, -0.2) is 4.98 Å². The van der Waals surface area contributed by atoms with Crippen molar-refractivity contribution in [1.82, 2.24) is 4.98 Å². The first-order valence-electron chi connectivity index (χ1n) is 10.6. The van der Waals surface area contributed by atoms with Crippen LogP contribution in [-0.4, -0.2) is 4.98 Å². The Kier molecular flexibility index (Phi) is 3.17. The van der Waals surface area contributed by atoms with E-state index < -0.39 is 0 Å². The second kappa shape index (κ2) is 5.90. The second-order valence-electron chi connectivity index (χ2n) is 8.35. The molecule has 0 aliphatic heterocycles. The Hall–Kier alpha value is -3.71. The van der Waals surface area contributed by atoms with Gasteiger partial charge in [0.15, 0.2) is 0 Å². The first kappa shape index (κ1) is 16.1. The molecule has 5 aromatic rings. The Morgan fingerprint density at radius 2 is 1.63 bits per heavy atom. The van der Waals surface area contributed by atoms with Gasteiger partial charge in [-0.2, -0.15) is 0 Å². The first-order chi connectivity index (χ1) is 14.8. The van der Waals surface area contributed by atoms with Crippen LogP contribution in [0.1, 0.15) is 23.1 Å². The van der Waals surface area contributed by atoms with Crippen molar-refractivity contribution in [3.63, 3.8) is 0 Å². The molecule has 4 aromatic carbocycles. The lowest BCUT2D eigenvalue weighted by molar-refractivity contribution is 1.23. The van der Waals surface area contributed by atoms with E-state index in [2.05, 4.69) is 91.0 Å². The number of benzene rings is 4. The van der Waals surface area contributed by atoms with Crippen LogP contribution >= 0.6 is 0 Å². The monoisotopic (exact) mass is 381 g/mol. The molecule has 0 bridgehead atoms. The Labute approximate surface area is 175 Å². The fraction of sp³-hybridized carbons (Fsp3) is 0.0690. The molecule has 1 heterocycles. The van der Waals surface area contributed by atoms with Gasteiger partial charge in [0.05, 0.1) is 11.2 Å². The zero-order valence-corrected chi connectivity index (χ0v) is 16.5. The summed E-state index contributed by atoms with van der Waals surface area (Å²) in [6.07, 6.45) is 9.02. The molecular formula is C29H19N. The van der Waals surface area contributed by atoms with Crippen molar-refractivity contribution in [2.45, 2.75) is 12.8 Å². The van der Waals surface area contributed by atoms with E-state index in [1.54, 1.807) is 0 Å². The third kappa shape index (κ3) is 2.21. The summed E-state index contributed by atoms with van der Waals surface area (Å²) < 4.78 is 0. The topological polar surface area (TPSA) is 12.9 Å². The predicted octanol–water partition coefficient (Wildman–Crippen LogP) is 7.56. The number of nitrogens with zero attached hydrogens (tertiary/aromatic N) is 1. The fourth-order valence-corrected chi connectivity index (χ4v) is 5.21. The summed E-state index contributed by atoms with van der Waals surface area (Å²) in [7, 11) is 0. The third-order valence-electron chi connectivity index (χ3n) is 6.66. The molecule has 0 spiro atoms. The molecule has 2 aliphatic carbocycles. The minimum atomic E-state index is 1.02. The Balaban J connectivity index is 1.51. The fourth-order valence-electron chi connectivity index (χ4n) is 5.21. The van der Waals surface area contributed by atoms with Crippen LogP contribution in [0.5, 0.6) is 0 Å². The quantitative estimate of drug-likeness (QED) is 0.273. The molecule has 1 heteroatoms. The Morgan fingerprint density at radius 3 is 2.57 bits per heavy atom. The smallest absolute Gasteiger partial charge is 0.0715 e. The van der Waals surface area contributed by atoms with E-state index in [-0.39, 0.29) is 0 Å². The largest absolute Gasteiger partial charge is 0.248 e. The number of allylic oxidation sites excluding steroid dienone is 3. The lowest BCUT2D eigenvalue weighted by atomic mass is 9.80. The molecule has 140 valence electrons. The van der Waals surface area contributed by atoms with Crippen LogP contribution in [0.25, 0.3) is 55.4 Å². The van der Waals surface area contributed by atoms with Gasteiger partial charge in [0.1, 0.15) is 0 Å². The van der Waals surface area contributed by atoms with Gasteiger partial charge >= 0.3 is 0 Å². The van der Waals surface area contributed by atoms with Gasteiger partial charge in [-0.3, -0.25) is 0 Å². The zero-order chi connectivity index (χ0) is 19.7. The minimum Gasteiger partial charge on any atom is -0.248 e. The van der Waals surface area contributed by atoms with Gasteiger partial charge < -0.3 is 0 Å². The number of fused-ring (bicyclic) bond motifs is 2. The molecule has 1 aromatic heterocycles. The maximum Gasteiger partial charge on any atom is 0.0715 e. The Bertz CT molecular complexity index is 1580. The summed E-state index contributed by atoms with van der Waals surface area (Å²) in [5.41, 5.74) is 9.00. The standard InChI is InChI=1S/C29H19N/c1-2-5-22-17-27-23(16-21(22)4-1)12-15-26(30-27)24-13-10-20-9-8-18-6-3-7-19-11-14-25(24)29(20)28(18)19/h1-5,7-8,10-17H,6,9H2. The highest BCUT2D eigenvalue weighted by atomic mass is 14.7. The number of pyridine rings is 1. The van der Waals surface area contributed by atoms with Crippen LogP contribution < -0.4 is 0 Å². The molecule has 0 amide bonds. The van der Waals surface area contributed by atoms with E-state index in [0.717, 1.165) is 24.1 Å².